The van der Waals surface area contributed by atoms with E-state index in [9.17, 15) is 18.0 Å². The van der Waals surface area contributed by atoms with Crippen molar-refractivity contribution in [2.24, 2.45) is 0 Å². The van der Waals surface area contributed by atoms with E-state index in [0.717, 1.165) is 30.7 Å². The predicted molar refractivity (Wildman–Crippen MR) is 71.4 cm³/mol. The second-order valence-electron chi connectivity index (χ2n) is 4.05. The molecule has 0 atom stereocenters. The SMILES string of the molecule is O=C(NCCCCCBr)c1ccccc1C(F)(F)F. The number of unbranched alkanes of at least 4 members (excludes halogenated alkanes) is 2. The fourth-order valence-electron chi connectivity index (χ4n) is 1.62. The molecule has 1 rings (SSSR count). The van der Waals surface area contributed by atoms with Crippen LogP contribution in [0, 0.1) is 0 Å². The zero-order valence-corrected chi connectivity index (χ0v) is 11.9. The lowest BCUT2D eigenvalue weighted by Gasteiger charge is -2.12. The molecule has 1 amide bonds. The summed E-state index contributed by atoms with van der Waals surface area (Å²) in [5.74, 6) is -0.674. The molecule has 6 heteroatoms. The maximum absolute atomic E-state index is 12.7. The summed E-state index contributed by atoms with van der Waals surface area (Å²) in [7, 11) is 0. The highest BCUT2D eigenvalue weighted by Gasteiger charge is 2.34. The molecular weight excluding hydrogens is 323 g/mol. The maximum atomic E-state index is 12.7. The average Bonchev–Trinajstić information content (AvgIpc) is 2.37. The molecule has 19 heavy (non-hydrogen) atoms. The van der Waals surface area contributed by atoms with Gasteiger partial charge in [0.1, 0.15) is 0 Å². The first-order valence-corrected chi connectivity index (χ1v) is 7.09. The van der Waals surface area contributed by atoms with Gasteiger partial charge in [0, 0.05) is 11.9 Å². The summed E-state index contributed by atoms with van der Waals surface area (Å²) in [5, 5.41) is 3.40. The Morgan fingerprint density at radius 3 is 2.47 bits per heavy atom. The van der Waals surface area contributed by atoms with E-state index < -0.39 is 17.6 Å². The van der Waals surface area contributed by atoms with Crippen LogP contribution in [-0.2, 0) is 6.18 Å². The van der Waals surface area contributed by atoms with Crippen LogP contribution in [0.1, 0.15) is 35.2 Å². The number of nitrogens with one attached hydrogen (secondary N) is 1. The van der Waals surface area contributed by atoms with Crippen LogP contribution >= 0.6 is 15.9 Å². The third kappa shape index (κ3) is 5.22. The first-order chi connectivity index (χ1) is 8.96. The fourth-order valence-corrected chi connectivity index (χ4v) is 2.02. The minimum atomic E-state index is -4.51. The molecule has 1 aromatic carbocycles. The number of hydrogen-bond donors (Lipinski definition) is 1. The zero-order chi connectivity index (χ0) is 14.3. The third-order valence-electron chi connectivity index (χ3n) is 2.57. The van der Waals surface area contributed by atoms with Crippen molar-refractivity contribution in [1.29, 1.82) is 0 Å². The molecule has 0 aliphatic heterocycles. The summed E-state index contributed by atoms with van der Waals surface area (Å²) in [6, 6.07) is 4.81. The van der Waals surface area contributed by atoms with Crippen molar-refractivity contribution in [1.82, 2.24) is 5.32 Å². The van der Waals surface area contributed by atoms with E-state index in [2.05, 4.69) is 21.2 Å². The predicted octanol–water partition coefficient (Wildman–Crippen LogP) is 4.00. The van der Waals surface area contributed by atoms with E-state index in [4.69, 9.17) is 0 Å². The maximum Gasteiger partial charge on any atom is 0.417 e. The highest BCUT2D eigenvalue weighted by molar-refractivity contribution is 9.09. The normalized spacial score (nSPS) is 11.4. The van der Waals surface area contributed by atoms with E-state index in [0.29, 0.717) is 6.54 Å². The molecule has 106 valence electrons. The van der Waals surface area contributed by atoms with E-state index in [1.165, 1.54) is 18.2 Å². The summed E-state index contributed by atoms with van der Waals surface area (Å²) in [6.07, 6.45) is -1.85. The van der Waals surface area contributed by atoms with Crippen molar-refractivity contribution in [3.63, 3.8) is 0 Å². The molecule has 0 spiro atoms. The highest BCUT2D eigenvalue weighted by atomic mass is 79.9. The second kappa shape index (κ2) is 7.53. The number of rotatable bonds is 6. The van der Waals surface area contributed by atoms with Crippen molar-refractivity contribution < 1.29 is 18.0 Å². The van der Waals surface area contributed by atoms with Crippen molar-refractivity contribution in [2.45, 2.75) is 25.4 Å². The topological polar surface area (TPSA) is 29.1 Å². The van der Waals surface area contributed by atoms with Gasteiger partial charge >= 0.3 is 6.18 Å². The molecule has 0 bridgehead atoms. The lowest BCUT2D eigenvalue weighted by atomic mass is 10.1. The van der Waals surface area contributed by atoms with Gasteiger partial charge in [-0.3, -0.25) is 4.79 Å². The molecule has 0 aromatic heterocycles. The number of amides is 1. The zero-order valence-electron chi connectivity index (χ0n) is 10.3. The Hall–Kier alpha value is -1.04. The first-order valence-electron chi connectivity index (χ1n) is 5.97. The highest BCUT2D eigenvalue weighted by Crippen LogP contribution is 2.31. The average molecular weight is 338 g/mol. The Kier molecular flexibility index (Phi) is 6.34. The summed E-state index contributed by atoms with van der Waals surface area (Å²) in [6.45, 7) is 0.387. The third-order valence-corrected chi connectivity index (χ3v) is 3.13. The van der Waals surface area contributed by atoms with Crippen molar-refractivity contribution in [2.75, 3.05) is 11.9 Å². The molecule has 1 N–H and O–H groups in total. The molecule has 0 fully saturated rings. The summed E-state index contributed by atoms with van der Waals surface area (Å²) in [4.78, 5) is 11.7. The lowest BCUT2D eigenvalue weighted by molar-refractivity contribution is -0.137. The second-order valence-corrected chi connectivity index (χ2v) is 4.84. The monoisotopic (exact) mass is 337 g/mol. The van der Waals surface area contributed by atoms with Crippen LogP contribution in [0.25, 0.3) is 0 Å². The molecule has 0 unspecified atom stereocenters. The number of benzene rings is 1. The number of carbonyl (C=O) groups is 1. The van der Waals surface area contributed by atoms with Gasteiger partial charge < -0.3 is 5.32 Å². The van der Waals surface area contributed by atoms with Crippen LogP contribution in [0.3, 0.4) is 0 Å². The quantitative estimate of drug-likeness (QED) is 0.617. The minimum Gasteiger partial charge on any atom is -0.352 e. The van der Waals surface area contributed by atoms with E-state index in [1.807, 2.05) is 0 Å². The van der Waals surface area contributed by atoms with Gasteiger partial charge in [-0.1, -0.05) is 34.5 Å². The number of halogens is 4. The molecule has 0 aliphatic rings. The largest absolute Gasteiger partial charge is 0.417 e. The van der Waals surface area contributed by atoms with Gasteiger partial charge in [0.05, 0.1) is 11.1 Å². The molecular formula is C13H15BrF3NO. The van der Waals surface area contributed by atoms with Crippen LogP contribution in [0.15, 0.2) is 24.3 Å². The molecule has 1 aromatic rings. The Morgan fingerprint density at radius 1 is 1.16 bits per heavy atom. The van der Waals surface area contributed by atoms with E-state index >= 15 is 0 Å². The van der Waals surface area contributed by atoms with Gasteiger partial charge in [-0.05, 0) is 25.0 Å². The standard InChI is InChI=1S/C13H15BrF3NO/c14-8-4-1-5-9-18-12(19)10-6-2-3-7-11(10)13(15,16)17/h2-3,6-7H,1,4-5,8-9H2,(H,18,19). The molecule has 0 heterocycles. The van der Waals surface area contributed by atoms with Gasteiger partial charge in [-0.25, -0.2) is 0 Å². The Morgan fingerprint density at radius 2 is 1.84 bits per heavy atom. The summed E-state index contributed by atoms with van der Waals surface area (Å²) < 4.78 is 38.1. The van der Waals surface area contributed by atoms with Gasteiger partial charge in [0.25, 0.3) is 5.91 Å². The van der Waals surface area contributed by atoms with Gasteiger partial charge in [0.2, 0.25) is 0 Å². The van der Waals surface area contributed by atoms with Gasteiger partial charge in [-0.15, -0.1) is 0 Å². The van der Waals surface area contributed by atoms with Crippen LogP contribution in [0.5, 0.6) is 0 Å². The fraction of sp³-hybridized carbons (Fsp3) is 0.462. The number of carbonyl (C=O) groups excluding carboxylic acids is 1. The molecule has 0 saturated carbocycles. The van der Waals surface area contributed by atoms with Crippen molar-refractivity contribution >= 4 is 21.8 Å². The molecule has 0 saturated heterocycles. The minimum absolute atomic E-state index is 0.324. The summed E-state index contributed by atoms with van der Waals surface area (Å²) in [5.41, 5.74) is -1.22. The smallest absolute Gasteiger partial charge is 0.352 e. The van der Waals surface area contributed by atoms with Crippen LogP contribution < -0.4 is 5.32 Å². The Bertz CT molecular complexity index is 421. The number of hydrogen-bond acceptors (Lipinski definition) is 1. The van der Waals surface area contributed by atoms with E-state index in [-0.39, 0.29) is 5.56 Å². The van der Waals surface area contributed by atoms with Crippen LogP contribution in [-0.4, -0.2) is 17.8 Å². The summed E-state index contributed by atoms with van der Waals surface area (Å²) >= 11 is 3.29. The number of alkyl halides is 4. The van der Waals surface area contributed by atoms with Crippen molar-refractivity contribution in [3.05, 3.63) is 35.4 Å². The van der Waals surface area contributed by atoms with Gasteiger partial charge in [0.15, 0.2) is 0 Å². The Labute approximate surface area is 118 Å². The lowest BCUT2D eigenvalue weighted by Crippen LogP contribution is -2.27. The molecule has 0 radical (unpaired) electrons. The molecule has 2 nitrogen and oxygen atoms in total. The first kappa shape index (κ1) is 16.0. The van der Waals surface area contributed by atoms with Gasteiger partial charge in [-0.2, -0.15) is 13.2 Å². The molecule has 0 aliphatic carbocycles. The Balaban J connectivity index is 2.62. The van der Waals surface area contributed by atoms with Crippen LogP contribution in [0.2, 0.25) is 0 Å². The van der Waals surface area contributed by atoms with Crippen molar-refractivity contribution in [3.8, 4) is 0 Å². The van der Waals surface area contributed by atoms with E-state index in [1.54, 1.807) is 0 Å². The van der Waals surface area contributed by atoms with Crippen LogP contribution in [0.4, 0.5) is 13.2 Å².